The van der Waals surface area contributed by atoms with Gasteiger partial charge in [-0.15, -0.1) is 0 Å². The van der Waals surface area contributed by atoms with E-state index in [0.29, 0.717) is 11.4 Å². The molecule has 2 aromatic carbocycles. The van der Waals surface area contributed by atoms with Crippen LogP contribution in [0, 0.1) is 0 Å². The van der Waals surface area contributed by atoms with Crippen molar-refractivity contribution in [2.24, 2.45) is 0 Å². The molecule has 0 spiro atoms. The van der Waals surface area contributed by atoms with Gasteiger partial charge in [0.1, 0.15) is 6.04 Å². The van der Waals surface area contributed by atoms with Crippen molar-refractivity contribution in [1.29, 1.82) is 0 Å². The van der Waals surface area contributed by atoms with Crippen LogP contribution in [0.15, 0.2) is 36.4 Å². The van der Waals surface area contributed by atoms with E-state index in [2.05, 4.69) is 10.6 Å². The van der Waals surface area contributed by atoms with Gasteiger partial charge in [0.15, 0.2) is 6.10 Å². The Morgan fingerprint density at radius 3 is 2.64 bits per heavy atom. The first-order chi connectivity index (χ1) is 10.6. The minimum atomic E-state index is -1.58. The number of aliphatic hydroxyl groups excluding tert-OH is 1. The molecule has 114 valence electrons. The molecule has 22 heavy (non-hydrogen) atoms. The van der Waals surface area contributed by atoms with E-state index >= 15 is 0 Å². The van der Waals surface area contributed by atoms with Gasteiger partial charge in [-0.3, -0.25) is 4.79 Å². The molecule has 0 saturated heterocycles. The average Bonchev–Trinajstić information content (AvgIpc) is 2.65. The number of anilines is 2. The molecule has 0 bridgehead atoms. The van der Waals surface area contributed by atoms with Crippen molar-refractivity contribution in [3.8, 4) is 0 Å². The predicted octanol–water partition coefficient (Wildman–Crippen LogP) is 1.50. The van der Waals surface area contributed by atoms with Gasteiger partial charge in [-0.1, -0.05) is 24.3 Å². The second-order valence-electron chi connectivity index (χ2n) is 5.02. The van der Waals surface area contributed by atoms with E-state index in [1.807, 2.05) is 24.3 Å². The highest BCUT2D eigenvalue weighted by molar-refractivity contribution is 6.13. The first-order valence-electron chi connectivity index (χ1n) is 7.05. The number of carbonyl (C=O) groups excluding carboxylic acids is 2. The summed E-state index contributed by atoms with van der Waals surface area (Å²) >= 11 is 0. The summed E-state index contributed by atoms with van der Waals surface area (Å²) in [5.74, 6) is -1.31. The van der Waals surface area contributed by atoms with Crippen LogP contribution in [0.4, 0.5) is 11.4 Å². The highest BCUT2D eigenvalue weighted by Gasteiger charge is 2.35. The van der Waals surface area contributed by atoms with Gasteiger partial charge in [0.25, 0.3) is 0 Å². The Balaban J connectivity index is 2.02. The molecule has 3 N–H and O–H groups in total. The smallest absolute Gasteiger partial charge is 0.337 e. The molecular formula is C16H16N2O4. The normalized spacial score (nSPS) is 18.1. The number of nitrogens with one attached hydrogen (secondary N) is 2. The van der Waals surface area contributed by atoms with Gasteiger partial charge in [0, 0.05) is 11.1 Å². The molecule has 1 heterocycles. The SMILES string of the molecule is CCOC(=O)C(O)C1Nc2cccc3cccc(c23)NC1=O. The van der Waals surface area contributed by atoms with Crippen molar-refractivity contribution in [2.75, 3.05) is 17.2 Å². The van der Waals surface area contributed by atoms with Crippen molar-refractivity contribution in [2.45, 2.75) is 19.1 Å². The third kappa shape index (κ3) is 2.37. The molecular weight excluding hydrogens is 284 g/mol. The number of ether oxygens (including phenoxy) is 1. The Labute approximate surface area is 127 Å². The minimum Gasteiger partial charge on any atom is -0.464 e. The maximum atomic E-state index is 12.3. The molecule has 1 aliphatic heterocycles. The van der Waals surface area contributed by atoms with E-state index < -0.39 is 24.0 Å². The number of aliphatic hydroxyl groups is 1. The van der Waals surface area contributed by atoms with Gasteiger partial charge in [-0.25, -0.2) is 4.79 Å². The van der Waals surface area contributed by atoms with Crippen LogP contribution in [-0.2, 0) is 14.3 Å². The van der Waals surface area contributed by atoms with Crippen LogP contribution in [0.1, 0.15) is 6.92 Å². The lowest BCUT2D eigenvalue weighted by atomic mass is 10.1. The number of hydrogen-bond donors (Lipinski definition) is 3. The summed E-state index contributed by atoms with van der Waals surface area (Å²) in [6.07, 6.45) is -1.58. The summed E-state index contributed by atoms with van der Waals surface area (Å²) in [5.41, 5.74) is 1.32. The molecule has 2 unspecified atom stereocenters. The van der Waals surface area contributed by atoms with Crippen molar-refractivity contribution in [3.05, 3.63) is 36.4 Å². The zero-order valence-electron chi connectivity index (χ0n) is 12.0. The van der Waals surface area contributed by atoms with Crippen LogP contribution >= 0.6 is 0 Å². The molecule has 2 atom stereocenters. The van der Waals surface area contributed by atoms with Crippen molar-refractivity contribution in [1.82, 2.24) is 0 Å². The van der Waals surface area contributed by atoms with E-state index in [9.17, 15) is 14.7 Å². The fraction of sp³-hybridized carbons (Fsp3) is 0.250. The quantitative estimate of drug-likeness (QED) is 0.748. The molecule has 1 aliphatic rings. The van der Waals surface area contributed by atoms with Gasteiger partial charge >= 0.3 is 5.97 Å². The van der Waals surface area contributed by atoms with Crippen LogP contribution in [0.25, 0.3) is 10.8 Å². The Bertz CT molecular complexity index is 739. The maximum absolute atomic E-state index is 12.3. The lowest BCUT2D eigenvalue weighted by Crippen LogP contribution is -2.47. The molecule has 6 nitrogen and oxygen atoms in total. The lowest BCUT2D eigenvalue weighted by molar-refractivity contribution is -0.155. The molecule has 1 amide bonds. The zero-order valence-corrected chi connectivity index (χ0v) is 12.0. The molecule has 3 rings (SSSR count). The monoisotopic (exact) mass is 300 g/mol. The lowest BCUT2D eigenvalue weighted by Gasteiger charge is -2.20. The highest BCUT2D eigenvalue weighted by Crippen LogP contribution is 2.33. The van der Waals surface area contributed by atoms with Crippen LogP contribution in [0.5, 0.6) is 0 Å². The summed E-state index contributed by atoms with van der Waals surface area (Å²) in [6.45, 7) is 1.78. The van der Waals surface area contributed by atoms with E-state index in [0.717, 1.165) is 10.8 Å². The van der Waals surface area contributed by atoms with Crippen LogP contribution in [0.3, 0.4) is 0 Å². The fourth-order valence-corrected chi connectivity index (χ4v) is 2.60. The number of hydrogen-bond acceptors (Lipinski definition) is 5. The van der Waals surface area contributed by atoms with Gasteiger partial charge in [0.05, 0.1) is 12.3 Å². The molecule has 0 radical (unpaired) electrons. The summed E-state index contributed by atoms with van der Waals surface area (Å²) in [6, 6.07) is 10.0. The summed E-state index contributed by atoms with van der Waals surface area (Å²) in [7, 11) is 0. The van der Waals surface area contributed by atoms with E-state index in [-0.39, 0.29) is 6.61 Å². The third-order valence-corrected chi connectivity index (χ3v) is 3.60. The van der Waals surface area contributed by atoms with Crippen molar-refractivity contribution in [3.63, 3.8) is 0 Å². The maximum Gasteiger partial charge on any atom is 0.337 e. The van der Waals surface area contributed by atoms with Gasteiger partial charge in [-0.2, -0.15) is 0 Å². The number of esters is 1. The molecule has 2 aromatic rings. The fourth-order valence-electron chi connectivity index (χ4n) is 2.60. The van der Waals surface area contributed by atoms with Crippen molar-refractivity contribution < 1.29 is 19.4 Å². The van der Waals surface area contributed by atoms with E-state index in [1.165, 1.54) is 0 Å². The number of benzene rings is 2. The molecule has 0 saturated carbocycles. The largest absolute Gasteiger partial charge is 0.464 e. The predicted molar refractivity (Wildman–Crippen MR) is 82.6 cm³/mol. The molecule has 0 fully saturated rings. The molecule has 0 aromatic heterocycles. The Kier molecular flexibility index (Phi) is 3.68. The summed E-state index contributed by atoms with van der Waals surface area (Å²) in [5, 5.41) is 17.6. The molecule has 6 heteroatoms. The van der Waals surface area contributed by atoms with E-state index in [1.54, 1.807) is 19.1 Å². The standard InChI is InChI=1S/C16H16N2O4/c1-2-22-16(21)14(19)13-15(20)18-11-8-4-6-9-5-3-7-10(17-13)12(9)11/h3-8,13-14,17,19H,2H2,1H3,(H,18,20). The van der Waals surface area contributed by atoms with Crippen LogP contribution in [-0.4, -0.2) is 35.7 Å². The average molecular weight is 300 g/mol. The Hall–Kier alpha value is -2.60. The van der Waals surface area contributed by atoms with Gasteiger partial charge < -0.3 is 20.5 Å². The highest BCUT2D eigenvalue weighted by atomic mass is 16.5. The van der Waals surface area contributed by atoms with Crippen LogP contribution in [0.2, 0.25) is 0 Å². The topological polar surface area (TPSA) is 87.7 Å². The van der Waals surface area contributed by atoms with Gasteiger partial charge in [0.2, 0.25) is 5.91 Å². The van der Waals surface area contributed by atoms with Crippen molar-refractivity contribution >= 4 is 34.0 Å². The van der Waals surface area contributed by atoms with Crippen LogP contribution < -0.4 is 10.6 Å². The zero-order chi connectivity index (χ0) is 15.7. The Morgan fingerprint density at radius 2 is 1.95 bits per heavy atom. The second-order valence-corrected chi connectivity index (χ2v) is 5.02. The summed E-state index contributed by atoms with van der Waals surface area (Å²) < 4.78 is 4.79. The summed E-state index contributed by atoms with van der Waals surface area (Å²) in [4.78, 5) is 24.1. The number of rotatable bonds is 3. The number of amides is 1. The first-order valence-corrected chi connectivity index (χ1v) is 7.05. The Morgan fingerprint density at radius 1 is 1.27 bits per heavy atom. The number of carbonyl (C=O) groups is 2. The molecule has 0 aliphatic carbocycles. The first kappa shape index (κ1) is 14.3. The minimum absolute atomic E-state index is 0.139. The van der Waals surface area contributed by atoms with Gasteiger partial charge in [-0.05, 0) is 24.4 Å². The third-order valence-electron chi connectivity index (χ3n) is 3.60. The van der Waals surface area contributed by atoms with E-state index in [4.69, 9.17) is 4.74 Å². The second kappa shape index (κ2) is 5.65.